The standard InChI is InChI=1S/C11H20FNO/c12-8-11-9-13(6-3-7-14-11)10-4-1-2-5-10/h10-11H,1-9H2. The number of halogens is 1. The van der Waals surface area contributed by atoms with Crippen molar-refractivity contribution in [3.8, 4) is 0 Å². The molecule has 82 valence electrons. The fraction of sp³-hybridized carbons (Fsp3) is 1.00. The number of rotatable bonds is 2. The average molecular weight is 201 g/mol. The summed E-state index contributed by atoms with van der Waals surface area (Å²) >= 11 is 0. The summed E-state index contributed by atoms with van der Waals surface area (Å²) in [6.45, 7) is 2.31. The smallest absolute Gasteiger partial charge is 0.117 e. The first-order chi connectivity index (χ1) is 6.90. The van der Waals surface area contributed by atoms with Crippen LogP contribution in [0.3, 0.4) is 0 Å². The molecule has 0 aromatic rings. The highest BCUT2D eigenvalue weighted by Crippen LogP contribution is 2.24. The molecule has 0 radical (unpaired) electrons. The van der Waals surface area contributed by atoms with Gasteiger partial charge >= 0.3 is 0 Å². The summed E-state index contributed by atoms with van der Waals surface area (Å²) in [6.07, 6.45) is 6.20. The third-order valence-electron chi connectivity index (χ3n) is 3.39. The molecule has 14 heavy (non-hydrogen) atoms. The molecule has 2 rings (SSSR count). The zero-order valence-electron chi connectivity index (χ0n) is 8.75. The van der Waals surface area contributed by atoms with Crippen LogP contribution in [0.1, 0.15) is 32.1 Å². The van der Waals surface area contributed by atoms with Gasteiger partial charge < -0.3 is 4.74 Å². The van der Waals surface area contributed by atoms with Crippen molar-refractivity contribution in [1.29, 1.82) is 0 Å². The van der Waals surface area contributed by atoms with Crippen molar-refractivity contribution in [2.75, 3.05) is 26.4 Å². The van der Waals surface area contributed by atoms with E-state index in [4.69, 9.17) is 4.74 Å². The Morgan fingerprint density at radius 1 is 1.21 bits per heavy atom. The van der Waals surface area contributed by atoms with E-state index in [1.165, 1.54) is 25.7 Å². The molecule has 1 aliphatic carbocycles. The van der Waals surface area contributed by atoms with Crippen LogP contribution in [0.15, 0.2) is 0 Å². The van der Waals surface area contributed by atoms with Gasteiger partial charge in [-0.05, 0) is 19.3 Å². The van der Waals surface area contributed by atoms with Crippen molar-refractivity contribution in [1.82, 2.24) is 4.90 Å². The van der Waals surface area contributed by atoms with E-state index in [1.54, 1.807) is 0 Å². The van der Waals surface area contributed by atoms with Crippen LogP contribution < -0.4 is 0 Å². The maximum Gasteiger partial charge on any atom is 0.117 e. The maximum atomic E-state index is 12.6. The van der Waals surface area contributed by atoms with E-state index in [9.17, 15) is 4.39 Å². The van der Waals surface area contributed by atoms with Gasteiger partial charge in [-0.2, -0.15) is 0 Å². The van der Waals surface area contributed by atoms with Crippen molar-refractivity contribution in [2.24, 2.45) is 0 Å². The van der Waals surface area contributed by atoms with Gasteiger partial charge in [0, 0.05) is 25.7 Å². The molecule has 2 aliphatic rings. The summed E-state index contributed by atoms with van der Waals surface area (Å²) in [4.78, 5) is 2.45. The Kier molecular flexibility index (Phi) is 3.76. The molecule has 0 aromatic carbocycles. The first kappa shape index (κ1) is 10.4. The molecular formula is C11H20FNO. The number of nitrogens with zero attached hydrogens (tertiary/aromatic N) is 1. The number of alkyl halides is 1. The lowest BCUT2D eigenvalue weighted by Gasteiger charge is -2.28. The third kappa shape index (κ3) is 2.45. The van der Waals surface area contributed by atoms with Crippen LogP contribution in [0.4, 0.5) is 4.39 Å². The lowest BCUT2D eigenvalue weighted by atomic mass is 10.2. The molecule has 1 unspecified atom stereocenters. The largest absolute Gasteiger partial charge is 0.374 e. The molecule has 0 N–H and O–H groups in total. The van der Waals surface area contributed by atoms with Crippen LogP contribution in [0.2, 0.25) is 0 Å². The fourth-order valence-electron chi connectivity index (χ4n) is 2.62. The summed E-state index contributed by atoms with van der Waals surface area (Å²) < 4.78 is 18.0. The molecule has 1 saturated heterocycles. The second kappa shape index (κ2) is 5.08. The monoisotopic (exact) mass is 201 g/mol. The Balaban J connectivity index is 1.88. The van der Waals surface area contributed by atoms with Crippen molar-refractivity contribution in [3.05, 3.63) is 0 Å². The molecule has 0 bridgehead atoms. The molecule has 1 atom stereocenters. The minimum atomic E-state index is -0.330. The third-order valence-corrected chi connectivity index (χ3v) is 3.39. The summed E-state index contributed by atoms with van der Waals surface area (Å²) in [5.74, 6) is 0. The van der Waals surface area contributed by atoms with Gasteiger partial charge in [0.05, 0.1) is 6.10 Å². The van der Waals surface area contributed by atoms with Crippen LogP contribution in [-0.2, 0) is 4.74 Å². The Morgan fingerprint density at radius 2 is 2.00 bits per heavy atom. The van der Waals surface area contributed by atoms with Gasteiger partial charge in [-0.15, -0.1) is 0 Å². The minimum absolute atomic E-state index is 0.168. The van der Waals surface area contributed by atoms with Gasteiger partial charge in [0.25, 0.3) is 0 Å². The number of hydrogen-bond acceptors (Lipinski definition) is 2. The molecule has 2 nitrogen and oxygen atoms in total. The number of hydrogen-bond donors (Lipinski definition) is 0. The maximum absolute atomic E-state index is 12.6. The van der Waals surface area contributed by atoms with E-state index < -0.39 is 0 Å². The molecule has 2 fully saturated rings. The Morgan fingerprint density at radius 3 is 2.71 bits per heavy atom. The van der Waals surface area contributed by atoms with Gasteiger partial charge in [0.15, 0.2) is 0 Å². The lowest BCUT2D eigenvalue weighted by Crippen LogP contribution is -2.39. The molecule has 3 heteroatoms. The summed E-state index contributed by atoms with van der Waals surface area (Å²) in [6, 6.07) is 0.714. The molecule has 1 saturated carbocycles. The van der Waals surface area contributed by atoms with Crippen LogP contribution in [0.5, 0.6) is 0 Å². The first-order valence-electron chi connectivity index (χ1n) is 5.82. The summed E-state index contributed by atoms with van der Waals surface area (Å²) in [7, 11) is 0. The van der Waals surface area contributed by atoms with Crippen molar-refractivity contribution in [3.63, 3.8) is 0 Å². The molecule has 0 spiro atoms. The fourth-order valence-corrected chi connectivity index (χ4v) is 2.62. The van der Waals surface area contributed by atoms with Gasteiger partial charge in [0.1, 0.15) is 6.67 Å². The van der Waals surface area contributed by atoms with Gasteiger partial charge in [-0.25, -0.2) is 4.39 Å². The van der Waals surface area contributed by atoms with Crippen LogP contribution in [0, 0.1) is 0 Å². The summed E-state index contributed by atoms with van der Waals surface area (Å²) in [5.41, 5.74) is 0. The molecule has 1 aliphatic heterocycles. The minimum Gasteiger partial charge on any atom is -0.374 e. The molecular weight excluding hydrogens is 181 g/mol. The van der Waals surface area contributed by atoms with Crippen molar-refractivity contribution < 1.29 is 9.13 Å². The second-order valence-corrected chi connectivity index (χ2v) is 4.43. The molecule has 1 heterocycles. The quantitative estimate of drug-likeness (QED) is 0.677. The zero-order chi connectivity index (χ0) is 9.80. The van der Waals surface area contributed by atoms with E-state index >= 15 is 0 Å². The topological polar surface area (TPSA) is 12.5 Å². The van der Waals surface area contributed by atoms with Gasteiger partial charge in [-0.3, -0.25) is 4.90 Å². The van der Waals surface area contributed by atoms with Gasteiger partial charge in [0.2, 0.25) is 0 Å². The Labute approximate surface area is 85.4 Å². The first-order valence-corrected chi connectivity index (χ1v) is 5.82. The highest BCUT2D eigenvalue weighted by Gasteiger charge is 2.26. The second-order valence-electron chi connectivity index (χ2n) is 4.43. The Bertz CT molecular complexity index is 171. The highest BCUT2D eigenvalue weighted by atomic mass is 19.1. The van der Waals surface area contributed by atoms with Crippen molar-refractivity contribution in [2.45, 2.75) is 44.2 Å². The average Bonchev–Trinajstić information content (AvgIpc) is 2.63. The van der Waals surface area contributed by atoms with E-state index in [2.05, 4.69) is 4.90 Å². The zero-order valence-corrected chi connectivity index (χ0v) is 8.75. The predicted molar refractivity (Wildman–Crippen MR) is 54.2 cm³/mol. The number of ether oxygens (including phenoxy) is 1. The molecule has 0 amide bonds. The van der Waals surface area contributed by atoms with Crippen LogP contribution in [-0.4, -0.2) is 43.4 Å². The lowest BCUT2D eigenvalue weighted by molar-refractivity contribution is 0.0314. The van der Waals surface area contributed by atoms with Crippen LogP contribution >= 0.6 is 0 Å². The Hall–Kier alpha value is -0.150. The van der Waals surface area contributed by atoms with E-state index in [0.29, 0.717) is 6.04 Å². The summed E-state index contributed by atoms with van der Waals surface area (Å²) in [5, 5.41) is 0. The van der Waals surface area contributed by atoms with Crippen LogP contribution in [0.25, 0.3) is 0 Å². The van der Waals surface area contributed by atoms with E-state index in [1.807, 2.05) is 0 Å². The SMILES string of the molecule is FCC1CN(C2CCCC2)CCCO1. The normalized spacial score (nSPS) is 31.9. The van der Waals surface area contributed by atoms with Crippen molar-refractivity contribution >= 4 is 0 Å². The predicted octanol–water partition coefficient (Wildman–Crippen LogP) is 1.99. The highest BCUT2D eigenvalue weighted by molar-refractivity contribution is 4.80. The van der Waals surface area contributed by atoms with E-state index in [-0.39, 0.29) is 12.8 Å². The molecule has 0 aromatic heterocycles. The van der Waals surface area contributed by atoms with Gasteiger partial charge in [-0.1, -0.05) is 12.8 Å². The van der Waals surface area contributed by atoms with E-state index in [0.717, 1.165) is 26.1 Å².